The van der Waals surface area contributed by atoms with E-state index in [-0.39, 0.29) is 36.3 Å². The van der Waals surface area contributed by atoms with E-state index in [2.05, 4.69) is 22.0 Å². The van der Waals surface area contributed by atoms with Gasteiger partial charge in [0.25, 0.3) is 0 Å². The molecule has 4 rings (SSSR count). The molecule has 1 heterocycles. The Morgan fingerprint density at radius 1 is 1.04 bits per heavy atom. The van der Waals surface area contributed by atoms with Gasteiger partial charge in [-0.1, -0.05) is 19.3 Å². The van der Waals surface area contributed by atoms with E-state index < -0.39 is 0 Å². The molecule has 1 amide bonds. The monoisotopic (exact) mass is 437 g/mol. The van der Waals surface area contributed by atoms with E-state index in [0.29, 0.717) is 23.8 Å². The first-order valence-corrected chi connectivity index (χ1v) is 11.7. The van der Waals surface area contributed by atoms with Crippen molar-refractivity contribution in [2.75, 3.05) is 31.1 Å². The molecule has 2 atom stereocenters. The number of hydrogen-bond donors (Lipinski definition) is 2. The van der Waals surface area contributed by atoms with Gasteiger partial charge in [-0.25, -0.2) is 0 Å². The van der Waals surface area contributed by atoms with Gasteiger partial charge in [0.1, 0.15) is 0 Å². The number of fused-ring (bicyclic) bond motifs is 2. The van der Waals surface area contributed by atoms with Crippen LogP contribution in [0.4, 0.5) is 0 Å². The molecule has 0 aromatic heterocycles. The Hall–Kier alpha value is 0.320. The number of nitrogens with two attached hydrogens (primary N) is 1. The lowest BCUT2D eigenvalue weighted by atomic mass is 9.65. The lowest BCUT2D eigenvalue weighted by Crippen LogP contribution is -2.57. The normalized spacial score (nSPS) is 35.6. The molecule has 0 aromatic carbocycles. The number of amides is 1. The Morgan fingerprint density at radius 2 is 1.63 bits per heavy atom. The van der Waals surface area contributed by atoms with Crippen LogP contribution in [0.1, 0.15) is 57.8 Å². The summed E-state index contributed by atoms with van der Waals surface area (Å²) >= 11 is 2.07. The second-order valence-corrected chi connectivity index (χ2v) is 10.2. The summed E-state index contributed by atoms with van der Waals surface area (Å²) in [6.07, 6.45) is 11.0. The van der Waals surface area contributed by atoms with Crippen LogP contribution < -0.4 is 11.1 Å². The second kappa shape index (κ2) is 10.4. The van der Waals surface area contributed by atoms with Crippen molar-refractivity contribution in [1.29, 1.82) is 0 Å². The van der Waals surface area contributed by atoms with Crippen LogP contribution >= 0.6 is 36.6 Å². The average Bonchev–Trinajstić information content (AvgIpc) is 3.10. The second-order valence-electron chi connectivity index (χ2n) is 8.95. The molecule has 2 unspecified atom stereocenters. The minimum atomic E-state index is 0. The molecule has 0 aromatic rings. The first kappa shape index (κ1) is 23.6. The maximum absolute atomic E-state index is 12.9. The molecule has 1 aliphatic heterocycles. The van der Waals surface area contributed by atoms with E-state index in [1.807, 2.05) is 0 Å². The van der Waals surface area contributed by atoms with Crippen molar-refractivity contribution in [3.63, 3.8) is 0 Å². The average molecular weight is 439 g/mol. The summed E-state index contributed by atoms with van der Waals surface area (Å²) in [5.74, 6) is 4.21. The van der Waals surface area contributed by atoms with Crippen molar-refractivity contribution in [1.82, 2.24) is 10.2 Å². The fourth-order valence-electron chi connectivity index (χ4n) is 6.07. The van der Waals surface area contributed by atoms with Gasteiger partial charge in [0.15, 0.2) is 0 Å². The summed E-state index contributed by atoms with van der Waals surface area (Å²) in [6.45, 7) is 3.26. The van der Waals surface area contributed by atoms with E-state index in [9.17, 15) is 4.79 Å². The summed E-state index contributed by atoms with van der Waals surface area (Å²) < 4.78 is 0. The fraction of sp³-hybridized carbons (Fsp3) is 0.950. The standard InChI is InChI=1S/C20H35N3OS.2ClH/c21-18-15-4-3-5-16(18)13-17(12-15)19(24)22-14-20(6-1-2-7-20)23-8-10-25-11-9-23;;/h15-18H,1-14,21H2,(H,22,24);2*1H. The third kappa shape index (κ3) is 5.09. The smallest absolute Gasteiger partial charge is 0.223 e. The number of nitrogens with one attached hydrogen (secondary N) is 1. The van der Waals surface area contributed by atoms with Crippen LogP contribution in [0.2, 0.25) is 0 Å². The molecule has 7 heteroatoms. The highest BCUT2D eigenvalue weighted by molar-refractivity contribution is 7.99. The van der Waals surface area contributed by atoms with E-state index in [1.165, 1.54) is 69.5 Å². The molecule has 4 aliphatic rings. The number of rotatable bonds is 4. The van der Waals surface area contributed by atoms with Gasteiger partial charge in [0, 0.05) is 48.6 Å². The Balaban J connectivity index is 0.00000131. The molecule has 3 saturated carbocycles. The Labute approximate surface area is 181 Å². The molecule has 4 nitrogen and oxygen atoms in total. The third-order valence-electron chi connectivity index (χ3n) is 7.59. The SMILES string of the molecule is Cl.Cl.NC1C2CCCC1CC(C(=O)NCC1(N3CCSCC3)CCCC1)C2. The van der Waals surface area contributed by atoms with Crippen molar-refractivity contribution in [2.24, 2.45) is 23.5 Å². The molecule has 2 bridgehead atoms. The lowest BCUT2D eigenvalue weighted by molar-refractivity contribution is -0.128. The summed E-state index contributed by atoms with van der Waals surface area (Å²) in [7, 11) is 0. The molecule has 3 aliphatic carbocycles. The van der Waals surface area contributed by atoms with Gasteiger partial charge in [-0.3, -0.25) is 9.69 Å². The molecule has 3 N–H and O–H groups in total. The summed E-state index contributed by atoms with van der Waals surface area (Å²) in [5.41, 5.74) is 6.65. The molecular formula is C20H37Cl2N3OS. The topological polar surface area (TPSA) is 58.4 Å². The van der Waals surface area contributed by atoms with Crippen molar-refractivity contribution in [3.05, 3.63) is 0 Å². The molecule has 0 radical (unpaired) electrons. The van der Waals surface area contributed by atoms with E-state index in [4.69, 9.17) is 5.73 Å². The van der Waals surface area contributed by atoms with E-state index in [1.54, 1.807) is 0 Å². The molecule has 1 saturated heterocycles. The van der Waals surface area contributed by atoms with Gasteiger partial charge in [-0.2, -0.15) is 11.8 Å². The van der Waals surface area contributed by atoms with E-state index in [0.717, 1.165) is 19.4 Å². The molecule has 27 heavy (non-hydrogen) atoms. The van der Waals surface area contributed by atoms with Crippen molar-refractivity contribution >= 4 is 42.5 Å². The van der Waals surface area contributed by atoms with Gasteiger partial charge in [0.2, 0.25) is 5.91 Å². The van der Waals surface area contributed by atoms with Crippen LogP contribution in [0, 0.1) is 17.8 Å². The zero-order valence-electron chi connectivity index (χ0n) is 16.4. The summed E-state index contributed by atoms with van der Waals surface area (Å²) in [4.78, 5) is 15.6. The first-order valence-electron chi connectivity index (χ1n) is 10.5. The van der Waals surface area contributed by atoms with Crippen molar-refractivity contribution < 1.29 is 4.79 Å². The number of halogens is 2. The van der Waals surface area contributed by atoms with Crippen LogP contribution in [0.5, 0.6) is 0 Å². The fourth-order valence-corrected chi connectivity index (χ4v) is 6.98. The number of carbonyl (C=O) groups excluding carboxylic acids is 1. The van der Waals surface area contributed by atoms with Crippen LogP contribution in [0.15, 0.2) is 0 Å². The molecule has 4 fully saturated rings. The highest BCUT2D eigenvalue weighted by Gasteiger charge is 2.43. The first-order chi connectivity index (χ1) is 12.2. The maximum Gasteiger partial charge on any atom is 0.223 e. The highest BCUT2D eigenvalue weighted by atomic mass is 35.5. The predicted molar refractivity (Wildman–Crippen MR) is 119 cm³/mol. The summed E-state index contributed by atoms with van der Waals surface area (Å²) in [6, 6.07) is 0.352. The molecule has 0 spiro atoms. The van der Waals surface area contributed by atoms with Gasteiger partial charge < -0.3 is 11.1 Å². The third-order valence-corrected chi connectivity index (χ3v) is 8.53. The van der Waals surface area contributed by atoms with Crippen LogP contribution in [-0.4, -0.2) is 53.5 Å². The van der Waals surface area contributed by atoms with Gasteiger partial charge in [-0.05, 0) is 50.4 Å². The molecular weight excluding hydrogens is 401 g/mol. The van der Waals surface area contributed by atoms with Gasteiger partial charge >= 0.3 is 0 Å². The predicted octanol–water partition coefficient (Wildman–Crippen LogP) is 3.46. The van der Waals surface area contributed by atoms with Gasteiger partial charge in [-0.15, -0.1) is 24.8 Å². The Morgan fingerprint density at radius 3 is 2.22 bits per heavy atom. The van der Waals surface area contributed by atoms with Crippen LogP contribution in [0.3, 0.4) is 0 Å². The Bertz CT molecular complexity index is 470. The van der Waals surface area contributed by atoms with Crippen LogP contribution in [-0.2, 0) is 4.79 Å². The quantitative estimate of drug-likeness (QED) is 0.706. The number of carbonyl (C=O) groups is 1. The van der Waals surface area contributed by atoms with Gasteiger partial charge in [0.05, 0.1) is 0 Å². The minimum Gasteiger partial charge on any atom is -0.354 e. The number of hydrogen-bond acceptors (Lipinski definition) is 4. The lowest BCUT2D eigenvalue weighted by Gasteiger charge is -2.45. The Kier molecular flexibility index (Phi) is 9.07. The van der Waals surface area contributed by atoms with Crippen LogP contribution in [0.25, 0.3) is 0 Å². The minimum absolute atomic E-state index is 0. The van der Waals surface area contributed by atoms with Crippen molar-refractivity contribution in [2.45, 2.75) is 69.4 Å². The zero-order valence-corrected chi connectivity index (χ0v) is 18.8. The van der Waals surface area contributed by atoms with E-state index >= 15 is 0 Å². The number of nitrogens with zero attached hydrogens (tertiary/aromatic N) is 1. The largest absolute Gasteiger partial charge is 0.354 e. The van der Waals surface area contributed by atoms with Crippen molar-refractivity contribution in [3.8, 4) is 0 Å². The summed E-state index contributed by atoms with van der Waals surface area (Å²) in [5, 5.41) is 3.41. The highest BCUT2D eigenvalue weighted by Crippen LogP contribution is 2.42. The zero-order chi connectivity index (χ0) is 17.3. The molecule has 158 valence electrons. The maximum atomic E-state index is 12.9. The number of thioether (sulfide) groups is 1.